The van der Waals surface area contributed by atoms with E-state index >= 15 is 0 Å². The minimum atomic E-state index is 0.208. The summed E-state index contributed by atoms with van der Waals surface area (Å²) in [6.07, 6.45) is 0. The maximum atomic E-state index is 5.25. The monoisotopic (exact) mass is 240 g/mol. The molecule has 0 saturated carbocycles. The molecule has 98 valence electrons. The maximum Gasteiger partial charge on any atom is 0.147 e. The standard InChI is InChI=1S/C12H24N4O/c1-9(2)6-13-7-12(8-17-5)16-11(4)14-10(3)15-16/h9,12-13H,6-8H2,1-5H3. The van der Waals surface area contributed by atoms with E-state index in [2.05, 4.69) is 29.2 Å². The molecule has 0 fully saturated rings. The second-order valence-corrected chi connectivity index (χ2v) is 4.81. The van der Waals surface area contributed by atoms with Gasteiger partial charge in [-0.25, -0.2) is 9.67 Å². The summed E-state index contributed by atoms with van der Waals surface area (Å²) in [7, 11) is 1.72. The van der Waals surface area contributed by atoms with E-state index in [0.717, 1.165) is 24.7 Å². The molecule has 0 radical (unpaired) electrons. The number of ether oxygens (including phenoxy) is 1. The fourth-order valence-corrected chi connectivity index (χ4v) is 1.83. The van der Waals surface area contributed by atoms with Crippen molar-refractivity contribution in [3.05, 3.63) is 11.6 Å². The fraction of sp³-hybridized carbons (Fsp3) is 0.833. The van der Waals surface area contributed by atoms with Crippen molar-refractivity contribution in [1.29, 1.82) is 0 Å². The Labute approximate surface area is 104 Å². The summed E-state index contributed by atoms with van der Waals surface area (Å²) >= 11 is 0. The molecule has 1 N–H and O–H groups in total. The van der Waals surface area contributed by atoms with Crippen LogP contribution in [0.25, 0.3) is 0 Å². The Bertz CT molecular complexity index is 335. The number of nitrogens with one attached hydrogen (secondary N) is 1. The van der Waals surface area contributed by atoms with Crippen LogP contribution in [0.2, 0.25) is 0 Å². The van der Waals surface area contributed by atoms with Crippen LogP contribution in [0.4, 0.5) is 0 Å². The Balaban J connectivity index is 2.61. The van der Waals surface area contributed by atoms with Crippen LogP contribution in [-0.2, 0) is 4.74 Å². The van der Waals surface area contributed by atoms with Crippen molar-refractivity contribution in [3.8, 4) is 0 Å². The van der Waals surface area contributed by atoms with Gasteiger partial charge in [0.1, 0.15) is 11.6 Å². The number of aryl methyl sites for hydroxylation is 2. The topological polar surface area (TPSA) is 52.0 Å². The number of hydrogen-bond acceptors (Lipinski definition) is 4. The molecule has 1 unspecified atom stereocenters. The lowest BCUT2D eigenvalue weighted by atomic mass is 10.2. The summed E-state index contributed by atoms with van der Waals surface area (Å²) in [5.74, 6) is 2.40. The third kappa shape index (κ3) is 4.44. The van der Waals surface area contributed by atoms with Crippen LogP contribution in [0, 0.1) is 19.8 Å². The lowest BCUT2D eigenvalue weighted by Gasteiger charge is -2.19. The SMILES string of the molecule is COCC(CNCC(C)C)n1nc(C)nc1C. The molecule has 1 aromatic heterocycles. The van der Waals surface area contributed by atoms with Crippen molar-refractivity contribution in [1.82, 2.24) is 20.1 Å². The number of aromatic nitrogens is 3. The summed E-state index contributed by atoms with van der Waals surface area (Å²) < 4.78 is 7.20. The minimum Gasteiger partial charge on any atom is -0.382 e. The number of rotatable bonds is 7. The van der Waals surface area contributed by atoms with Crippen molar-refractivity contribution in [2.45, 2.75) is 33.7 Å². The third-order valence-corrected chi connectivity index (χ3v) is 2.55. The van der Waals surface area contributed by atoms with Gasteiger partial charge >= 0.3 is 0 Å². The first-order valence-electron chi connectivity index (χ1n) is 6.14. The average molecular weight is 240 g/mol. The van der Waals surface area contributed by atoms with Crippen LogP contribution in [0.3, 0.4) is 0 Å². The first kappa shape index (κ1) is 14.1. The molecule has 1 heterocycles. The highest BCUT2D eigenvalue weighted by molar-refractivity contribution is 4.91. The molecule has 0 aromatic carbocycles. The highest BCUT2D eigenvalue weighted by Gasteiger charge is 2.15. The summed E-state index contributed by atoms with van der Waals surface area (Å²) in [6, 6.07) is 0.208. The van der Waals surface area contributed by atoms with Crippen molar-refractivity contribution in [2.24, 2.45) is 5.92 Å². The highest BCUT2D eigenvalue weighted by Crippen LogP contribution is 2.08. The molecule has 1 aromatic rings. The summed E-state index contributed by atoms with van der Waals surface area (Å²) in [5, 5.41) is 7.85. The van der Waals surface area contributed by atoms with E-state index in [0.29, 0.717) is 12.5 Å². The van der Waals surface area contributed by atoms with E-state index in [-0.39, 0.29) is 6.04 Å². The summed E-state index contributed by atoms with van der Waals surface area (Å²) in [5.41, 5.74) is 0. The van der Waals surface area contributed by atoms with Gasteiger partial charge < -0.3 is 10.1 Å². The van der Waals surface area contributed by atoms with Gasteiger partial charge in [0.25, 0.3) is 0 Å². The van der Waals surface area contributed by atoms with Gasteiger partial charge in [-0.05, 0) is 26.3 Å². The van der Waals surface area contributed by atoms with Gasteiger partial charge in [0.2, 0.25) is 0 Å². The zero-order chi connectivity index (χ0) is 12.8. The predicted molar refractivity (Wildman–Crippen MR) is 68.1 cm³/mol. The van der Waals surface area contributed by atoms with Gasteiger partial charge in [-0.2, -0.15) is 5.10 Å². The second-order valence-electron chi connectivity index (χ2n) is 4.81. The molecule has 1 rings (SSSR count). The van der Waals surface area contributed by atoms with Crippen LogP contribution in [0.1, 0.15) is 31.5 Å². The molecule has 0 amide bonds. The van der Waals surface area contributed by atoms with Crippen LogP contribution < -0.4 is 5.32 Å². The fourth-order valence-electron chi connectivity index (χ4n) is 1.83. The Morgan fingerprint density at radius 1 is 1.29 bits per heavy atom. The van der Waals surface area contributed by atoms with Crippen LogP contribution >= 0.6 is 0 Å². The van der Waals surface area contributed by atoms with E-state index in [1.165, 1.54) is 0 Å². The van der Waals surface area contributed by atoms with Gasteiger partial charge in [0.05, 0.1) is 12.6 Å². The van der Waals surface area contributed by atoms with Crippen LogP contribution in [0.15, 0.2) is 0 Å². The Hall–Kier alpha value is -0.940. The molecule has 1 atom stereocenters. The predicted octanol–water partition coefficient (Wildman–Crippen LogP) is 1.33. The molecule has 5 heteroatoms. The Morgan fingerprint density at radius 3 is 2.47 bits per heavy atom. The zero-order valence-electron chi connectivity index (χ0n) is 11.5. The molecular weight excluding hydrogens is 216 g/mol. The molecule has 0 spiro atoms. The lowest BCUT2D eigenvalue weighted by Crippen LogP contribution is -2.31. The van der Waals surface area contributed by atoms with Crippen molar-refractivity contribution in [2.75, 3.05) is 26.8 Å². The van der Waals surface area contributed by atoms with E-state index in [4.69, 9.17) is 4.74 Å². The minimum absolute atomic E-state index is 0.208. The van der Waals surface area contributed by atoms with E-state index in [1.54, 1.807) is 7.11 Å². The average Bonchev–Trinajstić information content (AvgIpc) is 2.56. The molecule has 0 aliphatic heterocycles. The molecular formula is C12H24N4O. The molecule has 0 aliphatic rings. The van der Waals surface area contributed by atoms with Crippen molar-refractivity contribution < 1.29 is 4.74 Å². The number of nitrogens with zero attached hydrogens (tertiary/aromatic N) is 3. The van der Waals surface area contributed by atoms with E-state index in [1.807, 2.05) is 18.5 Å². The largest absolute Gasteiger partial charge is 0.382 e. The molecule has 5 nitrogen and oxygen atoms in total. The first-order valence-corrected chi connectivity index (χ1v) is 6.14. The molecule has 0 aliphatic carbocycles. The maximum absolute atomic E-state index is 5.25. The quantitative estimate of drug-likeness (QED) is 0.781. The van der Waals surface area contributed by atoms with Crippen LogP contribution in [0.5, 0.6) is 0 Å². The Kier molecular flexibility index (Phi) is 5.58. The van der Waals surface area contributed by atoms with Gasteiger partial charge in [-0.15, -0.1) is 0 Å². The van der Waals surface area contributed by atoms with Gasteiger partial charge in [-0.1, -0.05) is 13.8 Å². The molecule has 0 bridgehead atoms. The Morgan fingerprint density at radius 2 is 2.00 bits per heavy atom. The van der Waals surface area contributed by atoms with Gasteiger partial charge in [0, 0.05) is 13.7 Å². The van der Waals surface area contributed by atoms with Gasteiger partial charge in [-0.3, -0.25) is 0 Å². The van der Waals surface area contributed by atoms with Gasteiger partial charge in [0.15, 0.2) is 0 Å². The van der Waals surface area contributed by atoms with Crippen molar-refractivity contribution in [3.63, 3.8) is 0 Å². The molecule has 0 saturated heterocycles. The van der Waals surface area contributed by atoms with E-state index in [9.17, 15) is 0 Å². The first-order chi connectivity index (χ1) is 8.04. The zero-order valence-corrected chi connectivity index (χ0v) is 11.5. The number of hydrogen-bond donors (Lipinski definition) is 1. The third-order valence-electron chi connectivity index (χ3n) is 2.55. The highest BCUT2D eigenvalue weighted by atomic mass is 16.5. The summed E-state index contributed by atoms with van der Waals surface area (Å²) in [4.78, 5) is 4.33. The second kappa shape index (κ2) is 6.71. The smallest absolute Gasteiger partial charge is 0.147 e. The molecule has 17 heavy (non-hydrogen) atoms. The normalized spacial score (nSPS) is 13.3. The number of methoxy groups -OCH3 is 1. The summed E-state index contributed by atoms with van der Waals surface area (Å²) in [6.45, 7) is 10.8. The van der Waals surface area contributed by atoms with E-state index < -0.39 is 0 Å². The van der Waals surface area contributed by atoms with Crippen molar-refractivity contribution >= 4 is 0 Å². The lowest BCUT2D eigenvalue weighted by molar-refractivity contribution is 0.146. The van der Waals surface area contributed by atoms with Crippen LogP contribution in [-0.4, -0.2) is 41.6 Å².